The molecule has 2 aromatic heterocycles. The lowest BCUT2D eigenvalue weighted by Crippen LogP contribution is -2.09. The van der Waals surface area contributed by atoms with Gasteiger partial charge in [0.05, 0.1) is 18.7 Å². The fourth-order valence-corrected chi connectivity index (χ4v) is 4.27. The largest absolute Gasteiger partial charge is 0.489 e. The molecule has 0 saturated carbocycles. The number of hydrogen-bond donors (Lipinski definition) is 1. The number of aromatic nitrogens is 2. The molecule has 0 radical (unpaired) electrons. The van der Waals surface area contributed by atoms with Gasteiger partial charge in [0.1, 0.15) is 18.2 Å². The van der Waals surface area contributed by atoms with E-state index >= 15 is 4.39 Å². The molecule has 0 atom stereocenters. The van der Waals surface area contributed by atoms with Crippen LogP contribution < -0.4 is 10.5 Å². The van der Waals surface area contributed by atoms with Gasteiger partial charge in [-0.2, -0.15) is 0 Å². The minimum Gasteiger partial charge on any atom is -0.489 e. The molecule has 4 rings (SSSR count). The Morgan fingerprint density at radius 1 is 1.11 bits per heavy atom. The predicted molar refractivity (Wildman–Crippen MR) is 134 cm³/mol. The molecule has 6 nitrogen and oxygen atoms in total. The van der Waals surface area contributed by atoms with Crippen molar-refractivity contribution in [1.29, 1.82) is 0 Å². The summed E-state index contributed by atoms with van der Waals surface area (Å²) >= 11 is 0. The molecule has 188 valence electrons. The van der Waals surface area contributed by atoms with Gasteiger partial charge in [-0.05, 0) is 74.4 Å². The number of rotatable bonds is 9. The first-order chi connectivity index (χ1) is 17.3. The summed E-state index contributed by atoms with van der Waals surface area (Å²) < 4.78 is 42.3. The molecule has 0 saturated heterocycles. The van der Waals surface area contributed by atoms with Crippen LogP contribution in [0.25, 0.3) is 22.0 Å². The summed E-state index contributed by atoms with van der Waals surface area (Å²) in [6.45, 7) is 6.21. The topological polar surface area (TPSA) is 79.4 Å². The number of ether oxygens (including phenoxy) is 2. The van der Waals surface area contributed by atoms with Crippen molar-refractivity contribution in [1.82, 2.24) is 9.55 Å². The smallest absolute Gasteiger partial charge is 0.310 e. The zero-order valence-corrected chi connectivity index (χ0v) is 20.6. The van der Waals surface area contributed by atoms with Crippen molar-refractivity contribution < 1.29 is 23.0 Å². The Bertz CT molecular complexity index is 1400. The Kier molecular flexibility index (Phi) is 7.64. The molecule has 0 fully saturated rings. The Morgan fingerprint density at radius 3 is 2.64 bits per heavy atom. The summed E-state index contributed by atoms with van der Waals surface area (Å²) in [5, 5.41) is 0.894. The minimum atomic E-state index is -0.469. The van der Waals surface area contributed by atoms with Crippen molar-refractivity contribution >= 4 is 16.9 Å². The van der Waals surface area contributed by atoms with Gasteiger partial charge in [-0.1, -0.05) is 0 Å². The Morgan fingerprint density at radius 2 is 1.92 bits per heavy atom. The van der Waals surface area contributed by atoms with Gasteiger partial charge in [-0.15, -0.1) is 0 Å². The van der Waals surface area contributed by atoms with E-state index in [2.05, 4.69) is 23.4 Å². The van der Waals surface area contributed by atoms with E-state index in [1.165, 1.54) is 18.2 Å². The number of fused-ring (bicyclic) bond motifs is 1. The maximum absolute atomic E-state index is 15.2. The summed E-state index contributed by atoms with van der Waals surface area (Å²) in [5.41, 5.74) is 9.10. The van der Waals surface area contributed by atoms with Crippen LogP contribution in [0.1, 0.15) is 43.6 Å². The van der Waals surface area contributed by atoms with Crippen LogP contribution in [0.2, 0.25) is 0 Å². The summed E-state index contributed by atoms with van der Waals surface area (Å²) in [7, 11) is 0. The highest BCUT2D eigenvalue weighted by Crippen LogP contribution is 2.35. The van der Waals surface area contributed by atoms with Gasteiger partial charge >= 0.3 is 5.97 Å². The normalized spacial score (nSPS) is 11.3. The van der Waals surface area contributed by atoms with Crippen molar-refractivity contribution in [2.45, 2.75) is 46.4 Å². The number of halogens is 2. The average molecular weight is 494 g/mol. The molecule has 0 aliphatic heterocycles. The molecule has 8 heteroatoms. The number of hydrogen-bond acceptors (Lipinski definition) is 5. The number of carbonyl (C=O) groups is 1. The molecule has 2 heterocycles. The van der Waals surface area contributed by atoms with Gasteiger partial charge < -0.3 is 19.8 Å². The van der Waals surface area contributed by atoms with Gasteiger partial charge in [0.15, 0.2) is 5.82 Å². The number of nitrogens with two attached hydrogens (primary N) is 1. The van der Waals surface area contributed by atoms with Crippen LogP contribution >= 0.6 is 0 Å². The number of nitrogens with zero attached hydrogens (tertiary/aromatic N) is 2. The molecular weight excluding hydrogens is 464 g/mol. The molecule has 2 N–H and O–H groups in total. The molecule has 0 unspecified atom stereocenters. The summed E-state index contributed by atoms with van der Waals surface area (Å²) in [5.74, 6) is -1.00. The lowest BCUT2D eigenvalue weighted by molar-refractivity contribution is -0.142. The molecular formula is C28H29F2N3O3. The van der Waals surface area contributed by atoms with E-state index in [9.17, 15) is 9.18 Å². The van der Waals surface area contributed by atoms with E-state index in [1.54, 1.807) is 19.2 Å². The van der Waals surface area contributed by atoms with Crippen molar-refractivity contribution in [2.24, 2.45) is 5.73 Å². The summed E-state index contributed by atoms with van der Waals surface area (Å²) in [6, 6.07) is 11.7. The fourth-order valence-electron chi connectivity index (χ4n) is 4.27. The van der Waals surface area contributed by atoms with Gasteiger partial charge in [-0.25, -0.2) is 8.78 Å². The summed E-state index contributed by atoms with van der Waals surface area (Å²) in [4.78, 5) is 16.1. The van der Waals surface area contributed by atoms with E-state index in [0.29, 0.717) is 22.4 Å². The van der Waals surface area contributed by atoms with Crippen LogP contribution in [0.4, 0.5) is 8.78 Å². The van der Waals surface area contributed by atoms with E-state index in [1.807, 2.05) is 24.4 Å². The van der Waals surface area contributed by atoms with E-state index in [0.717, 1.165) is 16.5 Å². The molecule has 0 bridgehead atoms. The maximum atomic E-state index is 15.2. The maximum Gasteiger partial charge on any atom is 0.310 e. The van der Waals surface area contributed by atoms with Crippen molar-refractivity contribution in [3.8, 4) is 16.9 Å². The highest BCUT2D eigenvalue weighted by molar-refractivity contribution is 5.96. The molecule has 0 aliphatic carbocycles. The number of carbonyl (C=O) groups excluding carboxylic acids is 1. The van der Waals surface area contributed by atoms with Gasteiger partial charge in [0.2, 0.25) is 0 Å². The quantitative estimate of drug-likeness (QED) is 0.302. The predicted octanol–water partition coefficient (Wildman–Crippen LogP) is 5.71. The zero-order valence-electron chi connectivity index (χ0n) is 20.6. The molecule has 4 aromatic rings. The third-order valence-electron chi connectivity index (χ3n) is 5.96. The third kappa shape index (κ3) is 5.23. The van der Waals surface area contributed by atoms with Crippen LogP contribution in [0, 0.1) is 11.6 Å². The van der Waals surface area contributed by atoms with E-state index in [4.69, 9.17) is 15.2 Å². The van der Waals surface area contributed by atoms with Crippen LogP contribution in [0.3, 0.4) is 0 Å². The fraction of sp³-hybridized carbons (Fsp3) is 0.286. The Hall–Kier alpha value is -3.78. The number of benzene rings is 2. The second-order valence-electron chi connectivity index (χ2n) is 8.74. The second kappa shape index (κ2) is 10.9. The van der Waals surface area contributed by atoms with E-state index in [-0.39, 0.29) is 37.9 Å². The molecule has 0 amide bonds. The molecule has 0 spiro atoms. The SMILES string of the molecule is CCOC(=O)Cc1cc(F)ccc1OCc1cc(-c2ccnc(CN)c2F)c2ccn(C(C)C)c2c1. The standard InChI is InChI=1S/C28H29F2N3O3/c1-4-35-27(34)14-19-13-20(29)5-6-26(19)36-16-18-11-23(22-7-9-32-24(15-31)28(22)30)21-8-10-33(17(2)3)25(21)12-18/h5-13,17H,4,14-16,31H2,1-3H3. The van der Waals surface area contributed by atoms with Gasteiger partial charge in [-0.3, -0.25) is 9.78 Å². The van der Waals surface area contributed by atoms with Crippen molar-refractivity contribution in [3.63, 3.8) is 0 Å². The Balaban J connectivity index is 1.75. The first-order valence-electron chi connectivity index (χ1n) is 11.9. The number of esters is 1. The van der Waals surface area contributed by atoms with Gasteiger partial charge in [0, 0.05) is 47.0 Å². The average Bonchev–Trinajstić information content (AvgIpc) is 3.28. The molecule has 2 aromatic carbocycles. The summed E-state index contributed by atoms with van der Waals surface area (Å²) in [6.07, 6.45) is 3.42. The van der Waals surface area contributed by atoms with Crippen LogP contribution in [-0.4, -0.2) is 22.1 Å². The first kappa shape index (κ1) is 25.3. The third-order valence-corrected chi connectivity index (χ3v) is 5.96. The Labute approximate surface area is 208 Å². The molecule has 36 heavy (non-hydrogen) atoms. The zero-order chi connectivity index (χ0) is 25.8. The van der Waals surface area contributed by atoms with Gasteiger partial charge in [0.25, 0.3) is 0 Å². The first-order valence-corrected chi connectivity index (χ1v) is 11.9. The van der Waals surface area contributed by atoms with Crippen molar-refractivity contribution in [2.75, 3.05) is 6.61 Å². The van der Waals surface area contributed by atoms with E-state index < -0.39 is 17.6 Å². The molecule has 0 aliphatic rings. The highest BCUT2D eigenvalue weighted by atomic mass is 19.1. The second-order valence-corrected chi connectivity index (χ2v) is 8.74. The van der Waals surface area contributed by atoms with Crippen LogP contribution in [-0.2, 0) is 29.1 Å². The number of pyridine rings is 1. The minimum absolute atomic E-state index is 0.00751. The van der Waals surface area contributed by atoms with Crippen LogP contribution in [0.5, 0.6) is 5.75 Å². The monoisotopic (exact) mass is 493 g/mol. The highest BCUT2D eigenvalue weighted by Gasteiger charge is 2.18. The lowest BCUT2D eigenvalue weighted by atomic mass is 9.98. The van der Waals surface area contributed by atoms with Crippen LogP contribution in [0.15, 0.2) is 54.9 Å². The lowest BCUT2D eigenvalue weighted by Gasteiger charge is -2.16. The van der Waals surface area contributed by atoms with Crippen molar-refractivity contribution in [3.05, 3.63) is 83.3 Å².